The van der Waals surface area contributed by atoms with E-state index in [0.717, 1.165) is 112 Å². The quantitative estimate of drug-likeness (QED) is 0.128. The van der Waals surface area contributed by atoms with Crippen molar-refractivity contribution in [2.75, 3.05) is 0 Å². The molecular formula is C59H54N2O4. The van der Waals surface area contributed by atoms with Gasteiger partial charge >= 0.3 is 0 Å². The van der Waals surface area contributed by atoms with Gasteiger partial charge in [0.1, 0.15) is 23.0 Å². The summed E-state index contributed by atoms with van der Waals surface area (Å²) >= 11 is 0. The van der Waals surface area contributed by atoms with E-state index < -0.39 is 0 Å². The second-order valence-electron chi connectivity index (χ2n) is 17.6. The molecule has 0 amide bonds. The predicted molar refractivity (Wildman–Crippen MR) is 269 cm³/mol. The smallest absolute Gasteiger partial charge is 0.147 e. The topological polar surface area (TPSA) is 68.8 Å². The molecule has 0 spiro atoms. The number of aromatic hydroxyl groups is 2. The summed E-state index contributed by atoms with van der Waals surface area (Å²) < 4.78 is 18.0. The van der Waals surface area contributed by atoms with Crippen molar-refractivity contribution in [3.8, 4) is 56.6 Å². The van der Waals surface area contributed by atoms with Crippen molar-refractivity contribution in [2.24, 2.45) is 0 Å². The average molecular weight is 855 g/mol. The molecule has 2 heterocycles. The molecule has 0 unspecified atom stereocenters. The Morgan fingerprint density at radius 3 is 1.11 bits per heavy atom. The normalized spacial score (nSPS) is 12.6. The third kappa shape index (κ3) is 7.43. The molecule has 2 aromatic heterocycles. The van der Waals surface area contributed by atoms with Crippen LogP contribution in [0.5, 0.6) is 23.0 Å². The lowest BCUT2D eigenvalue weighted by Crippen LogP contribution is -2.23. The van der Waals surface area contributed by atoms with E-state index in [1.165, 1.54) is 0 Å². The molecule has 6 nitrogen and oxygen atoms in total. The van der Waals surface area contributed by atoms with Gasteiger partial charge in [-0.15, -0.1) is 0 Å². The summed E-state index contributed by atoms with van der Waals surface area (Å²) in [5.74, 6) is 1.80. The first kappa shape index (κ1) is 41.6. The number of hydrogen-bond acceptors (Lipinski definition) is 4. The van der Waals surface area contributed by atoms with Crippen LogP contribution in [-0.4, -0.2) is 31.6 Å². The van der Waals surface area contributed by atoms with Crippen molar-refractivity contribution in [1.29, 1.82) is 0 Å². The van der Waals surface area contributed by atoms with Gasteiger partial charge in [-0.1, -0.05) is 98.8 Å². The first-order valence-corrected chi connectivity index (χ1v) is 22.9. The van der Waals surface area contributed by atoms with E-state index in [4.69, 9.17) is 9.47 Å². The molecule has 0 aliphatic carbocycles. The highest BCUT2D eigenvalue weighted by molar-refractivity contribution is 6.10. The Kier molecular flexibility index (Phi) is 10.8. The van der Waals surface area contributed by atoms with E-state index in [2.05, 4.69) is 172 Å². The lowest BCUT2D eigenvalue weighted by atomic mass is 9.97. The van der Waals surface area contributed by atoms with E-state index in [1.54, 1.807) is 0 Å². The summed E-state index contributed by atoms with van der Waals surface area (Å²) in [6.07, 6.45) is 1.79. The van der Waals surface area contributed by atoms with Crippen LogP contribution in [0, 0.1) is 13.8 Å². The standard InChI is InChI=1S/C59H54N2O4/c1-7-40-25-27-56(46(34-40)48-29-36(3)31-54(58(48)62)60-50-21-13-9-17-42(50)43-18-10-14-22-51(43)60)64-38(5)33-39(6)65-57-28-26-41(8-2)35-47(57)49-30-37(4)32-55(59(49)63)61-52-23-15-11-19-44(52)45-20-12-16-24-53(45)61/h9-32,34-35,38-39,62-63H,7-8,33H2,1-6H3/t38-,39-/m1/s1. The van der Waals surface area contributed by atoms with Crippen molar-refractivity contribution < 1.29 is 19.7 Å². The van der Waals surface area contributed by atoms with Gasteiger partial charge in [-0.25, -0.2) is 0 Å². The average Bonchev–Trinajstić information content (AvgIpc) is 3.83. The van der Waals surface area contributed by atoms with Crippen LogP contribution in [0.25, 0.3) is 77.2 Å². The molecule has 2 N–H and O–H groups in total. The van der Waals surface area contributed by atoms with Crippen molar-refractivity contribution in [2.45, 2.75) is 73.0 Å². The molecule has 6 heteroatoms. The second-order valence-corrected chi connectivity index (χ2v) is 17.6. The molecule has 10 aromatic rings. The fourth-order valence-corrected chi connectivity index (χ4v) is 9.85. The predicted octanol–water partition coefficient (Wildman–Crippen LogP) is 15.0. The van der Waals surface area contributed by atoms with Gasteiger partial charge in [0.2, 0.25) is 0 Å². The number of nitrogens with zero attached hydrogens (tertiary/aromatic N) is 2. The Morgan fingerprint density at radius 2 is 0.769 bits per heavy atom. The monoisotopic (exact) mass is 854 g/mol. The van der Waals surface area contributed by atoms with Crippen LogP contribution in [-0.2, 0) is 12.8 Å². The van der Waals surface area contributed by atoms with Gasteiger partial charge in [0.15, 0.2) is 0 Å². The number of hydrogen-bond donors (Lipinski definition) is 2. The Morgan fingerprint density at radius 1 is 0.431 bits per heavy atom. The molecule has 2 atom stereocenters. The molecule has 0 saturated carbocycles. The maximum absolute atomic E-state index is 12.3. The summed E-state index contributed by atoms with van der Waals surface area (Å²) in [6, 6.07) is 54.3. The van der Waals surface area contributed by atoms with Crippen molar-refractivity contribution in [3.63, 3.8) is 0 Å². The molecule has 0 bridgehead atoms. The number of benzene rings is 8. The maximum Gasteiger partial charge on any atom is 0.147 e. The highest BCUT2D eigenvalue weighted by atomic mass is 16.5. The number of phenols is 2. The number of ether oxygens (including phenoxy) is 2. The molecular weight excluding hydrogens is 801 g/mol. The molecule has 324 valence electrons. The van der Waals surface area contributed by atoms with Crippen LogP contribution in [0.1, 0.15) is 56.4 Å². The lowest BCUT2D eigenvalue weighted by molar-refractivity contribution is 0.131. The van der Waals surface area contributed by atoms with Gasteiger partial charge in [-0.2, -0.15) is 0 Å². The Bertz CT molecular complexity index is 3100. The van der Waals surface area contributed by atoms with Gasteiger partial charge in [0.05, 0.1) is 45.6 Å². The van der Waals surface area contributed by atoms with E-state index in [9.17, 15) is 10.2 Å². The minimum Gasteiger partial charge on any atom is -0.505 e. The van der Waals surface area contributed by atoms with Crippen LogP contribution < -0.4 is 9.47 Å². The number of aromatic nitrogens is 2. The Labute approximate surface area is 380 Å². The molecule has 0 fully saturated rings. The second kappa shape index (κ2) is 16.9. The number of phenolic OH excluding ortho intramolecular Hbond substituents is 2. The molecule has 10 rings (SSSR count). The molecule has 0 aliphatic heterocycles. The highest BCUT2D eigenvalue weighted by Crippen LogP contribution is 2.46. The highest BCUT2D eigenvalue weighted by Gasteiger charge is 2.24. The summed E-state index contributed by atoms with van der Waals surface area (Å²) in [5.41, 5.74) is 13.1. The van der Waals surface area contributed by atoms with Crippen molar-refractivity contribution in [1.82, 2.24) is 9.13 Å². The van der Waals surface area contributed by atoms with E-state index in [0.29, 0.717) is 17.9 Å². The summed E-state index contributed by atoms with van der Waals surface area (Å²) in [5, 5.41) is 29.2. The summed E-state index contributed by atoms with van der Waals surface area (Å²) in [6.45, 7) is 12.6. The molecule has 65 heavy (non-hydrogen) atoms. The number of rotatable bonds is 12. The zero-order chi connectivity index (χ0) is 44.9. The Balaban J connectivity index is 0.970. The SMILES string of the molecule is CCc1ccc(O[C@H](C)C[C@@H](C)Oc2ccc(CC)cc2-c2cc(C)cc(-n3c4ccccc4c4ccccc43)c2O)c(-c2cc(C)cc(-n3c4ccccc4c4ccccc43)c2O)c1. The lowest BCUT2D eigenvalue weighted by Gasteiger charge is -2.24. The number of aryl methyl sites for hydroxylation is 4. The third-order valence-electron chi connectivity index (χ3n) is 12.9. The molecule has 8 aromatic carbocycles. The molecule has 0 radical (unpaired) electrons. The van der Waals surface area contributed by atoms with E-state index in [-0.39, 0.29) is 23.7 Å². The van der Waals surface area contributed by atoms with Crippen LogP contribution >= 0.6 is 0 Å². The first-order valence-electron chi connectivity index (χ1n) is 22.9. The van der Waals surface area contributed by atoms with Crippen molar-refractivity contribution in [3.05, 3.63) is 180 Å². The van der Waals surface area contributed by atoms with Crippen LogP contribution in [0.2, 0.25) is 0 Å². The largest absolute Gasteiger partial charge is 0.505 e. The van der Waals surface area contributed by atoms with E-state index in [1.807, 2.05) is 36.4 Å². The molecule has 0 saturated heterocycles. The third-order valence-corrected chi connectivity index (χ3v) is 12.9. The first-order chi connectivity index (χ1) is 31.6. The maximum atomic E-state index is 12.3. The minimum absolute atomic E-state index is 0.202. The number of fused-ring (bicyclic) bond motifs is 6. The van der Waals surface area contributed by atoms with E-state index >= 15 is 0 Å². The van der Waals surface area contributed by atoms with Crippen LogP contribution in [0.4, 0.5) is 0 Å². The fraction of sp³-hybridized carbons (Fsp3) is 0.186. The van der Waals surface area contributed by atoms with Crippen LogP contribution in [0.15, 0.2) is 158 Å². The summed E-state index contributed by atoms with van der Waals surface area (Å²) in [4.78, 5) is 0. The summed E-state index contributed by atoms with van der Waals surface area (Å²) in [7, 11) is 0. The van der Waals surface area contributed by atoms with Gasteiger partial charge in [-0.3, -0.25) is 0 Å². The molecule has 0 aliphatic rings. The van der Waals surface area contributed by atoms with Gasteiger partial charge in [0, 0.05) is 50.2 Å². The zero-order valence-electron chi connectivity index (χ0n) is 37.9. The van der Waals surface area contributed by atoms with Crippen molar-refractivity contribution >= 4 is 43.6 Å². The Hall–Kier alpha value is -7.44. The number of para-hydroxylation sites is 4. The van der Waals surface area contributed by atoms with Gasteiger partial charge in [0.25, 0.3) is 0 Å². The van der Waals surface area contributed by atoms with Gasteiger partial charge in [-0.05, 0) is 136 Å². The van der Waals surface area contributed by atoms with Crippen LogP contribution in [0.3, 0.4) is 0 Å². The minimum atomic E-state index is -0.243. The fourth-order valence-electron chi connectivity index (χ4n) is 9.85. The van der Waals surface area contributed by atoms with Gasteiger partial charge < -0.3 is 28.8 Å². The zero-order valence-corrected chi connectivity index (χ0v) is 37.9.